The van der Waals surface area contributed by atoms with Crippen molar-refractivity contribution in [2.24, 2.45) is 9.98 Å². The van der Waals surface area contributed by atoms with Crippen molar-refractivity contribution >= 4 is 34.9 Å². The van der Waals surface area contributed by atoms with Crippen LogP contribution in [0.25, 0.3) is 10.9 Å². The zero-order chi connectivity index (χ0) is 21.6. The van der Waals surface area contributed by atoms with E-state index in [2.05, 4.69) is 27.0 Å². The number of alkyl halides is 3. The van der Waals surface area contributed by atoms with Crippen LogP contribution in [0.1, 0.15) is 19.8 Å². The summed E-state index contributed by atoms with van der Waals surface area (Å²) in [6, 6.07) is 1.90. The molecule has 0 radical (unpaired) electrons. The highest BCUT2D eigenvalue weighted by molar-refractivity contribution is 6.42. The third-order valence-electron chi connectivity index (χ3n) is 3.68. The molecular weight excluding hydrogens is 399 g/mol. The molecule has 0 atom stereocenters. The Bertz CT molecular complexity index is 963. The molecular formula is C18H17F5N4O2. The Morgan fingerprint density at radius 2 is 2.00 bits per heavy atom. The lowest BCUT2D eigenvalue weighted by Gasteiger charge is -2.07. The van der Waals surface area contributed by atoms with Gasteiger partial charge in [-0.15, -0.1) is 0 Å². The Morgan fingerprint density at radius 1 is 1.31 bits per heavy atom. The van der Waals surface area contributed by atoms with Crippen LogP contribution in [-0.4, -0.2) is 36.1 Å². The van der Waals surface area contributed by atoms with E-state index >= 15 is 0 Å². The highest BCUT2D eigenvalue weighted by Gasteiger charge is 2.26. The van der Waals surface area contributed by atoms with E-state index in [1.54, 1.807) is 0 Å². The number of aromatic amines is 1. The molecule has 11 heteroatoms. The van der Waals surface area contributed by atoms with Crippen LogP contribution in [0.4, 0.5) is 27.6 Å². The number of halogens is 5. The molecule has 0 aliphatic carbocycles. The Balaban J connectivity index is 2.01. The van der Waals surface area contributed by atoms with E-state index in [1.165, 1.54) is 13.1 Å². The summed E-state index contributed by atoms with van der Waals surface area (Å²) in [5, 5.41) is 2.76. The number of H-pyrrole nitrogens is 1. The average molecular weight is 416 g/mol. The van der Waals surface area contributed by atoms with E-state index in [0.29, 0.717) is 5.52 Å². The number of benzene rings is 1. The van der Waals surface area contributed by atoms with Crippen LogP contribution >= 0.6 is 0 Å². The maximum absolute atomic E-state index is 13.4. The van der Waals surface area contributed by atoms with Crippen molar-refractivity contribution in [1.29, 1.82) is 0 Å². The van der Waals surface area contributed by atoms with Gasteiger partial charge in [-0.05, 0) is 26.1 Å². The monoisotopic (exact) mass is 416 g/mol. The van der Waals surface area contributed by atoms with Gasteiger partial charge in [0.15, 0.2) is 11.6 Å². The first-order valence-electron chi connectivity index (χ1n) is 8.29. The molecule has 156 valence electrons. The molecule has 1 aromatic heterocycles. The van der Waals surface area contributed by atoms with Crippen LogP contribution in [0, 0.1) is 11.6 Å². The van der Waals surface area contributed by atoms with Crippen LogP contribution in [0.2, 0.25) is 0 Å². The Kier molecular flexibility index (Phi) is 7.08. The van der Waals surface area contributed by atoms with Gasteiger partial charge in [-0.25, -0.2) is 13.8 Å². The lowest BCUT2D eigenvalue weighted by molar-refractivity contribution is -0.137. The first-order valence-corrected chi connectivity index (χ1v) is 8.29. The van der Waals surface area contributed by atoms with Crippen LogP contribution < -0.4 is 5.32 Å². The number of aliphatic imine (C=N–C) groups is 2. The van der Waals surface area contributed by atoms with Gasteiger partial charge in [-0.2, -0.15) is 13.2 Å². The largest absolute Gasteiger partial charge is 0.477 e. The molecule has 2 aromatic rings. The quantitative estimate of drug-likeness (QED) is 0.283. The van der Waals surface area contributed by atoms with Crippen molar-refractivity contribution < 1.29 is 31.5 Å². The second-order valence-electron chi connectivity index (χ2n) is 5.88. The van der Waals surface area contributed by atoms with Crippen molar-refractivity contribution in [3.63, 3.8) is 0 Å². The van der Waals surface area contributed by atoms with Gasteiger partial charge in [0.05, 0.1) is 24.0 Å². The minimum absolute atomic E-state index is 0.0398. The summed E-state index contributed by atoms with van der Waals surface area (Å²) in [4.78, 5) is 22.2. The molecule has 0 fully saturated rings. The van der Waals surface area contributed by atoms with Gasteiger partial charge >= 0.3 is 6.18 Å². The summed E-state index contributed by atoms with van der Waals surface area (Å²) in [6.45, 7) is 4.33. The molecule has 0 aliphatic heterocycles. The number of fused-ring (bicyclic) bond motifs is 1. The van der Waals surface area contributed by atoms with Crippen molar-refractivity contribution in [3.05, 3.63) is 42.0 Å². The summed E-state index contributed by atoms with van der Waals surface area (Å²) in [5.41, 5.74) is 0.467. The minimum Gasteiger partial charge on any atom is -0.477 e. The molecule has 0 unspecified atom stereocenters. The number of ether oxygens (including phenoxy) is 1. The average Bonchev–Trinajstić information content (AvgIpc) is 3.01. The lowest BCUT2D eigenvalue weighted by Crippen LogP contribution is -2.19. The summed E-state index contributed by atoms with van der Waals surface area (Å²) in [5.74, 6) is -2.89. The normalized spacial score (nSPS) is 12.9. The van der Waals surface area contributed by atoms with Crippen LogP contribution in [0.5, 0.6) is 0 Å². The standard InChI is InChI=1S/C18H17F5N4O2/c1-10(25-9-16(24-2)29-5-3-4-18(21,22)23)17(28)27-15-8-26-14-7-13(20)12(19)6-11(14)15/h6-9,26H,2-5H2,1H3,(H,27,28)/b16-9+,25-10+. The Labute approximate surface area is 162 Å². The molecule has 1 aromatic carbocycles. The third-order valence-corrected chi connectivity index (χ3v) is 3.68. The molecule has 1 amide bonds. The lowest BCUT2D eigenvalue weighted by atomic mass is 10.2. The maximum Gasteiger partial charge on any atom is 0.389 e. The first kappa shape index (κ1) is 22.1. The van der Waals surface area contributed by atoms with E-state index in [9.17, 15) is 26.7 Å². The predicted molar refractivity (Wildman–Crippen MR) is 98.8 cm³/mol. The number of hydrogen-bond acceptors (Lipinski definition) is 4. The van der Waals surface area contributed by atoms with Gasteiger partial charge in [0.1, 0.15) is 5.71 Å². The zero-order valence-electron chi connectivity index (χ0n) is 15.2. The van der Waals surface area contributed by atoms with Gasteiger partial charge in [0.25, 0.3) is 5.91 Å². The molecule has 2 rings (SSSR count). The van der Waals surface area contributed by atoms with Crippen molar-refractivity contribution in [2.45, 2.75) is 25.9 Å². The van der Waals surface area contributed by atoms with Gasteiger partial charge in [0.2, 0.25) is 5.88 Å². The van der Waals surface area contributed by atoms with Gasteiger partial charge in [-0.3, -0.25) is 9.79 Å². The molecule has 0 spiro atoms. The molecule has 29 heavy (non-hydrogen) atoms. The smallest absolute Gasteiger partial charge is 0.389 e. The topological polar surface area (TPSA) is 78.8 Å². The number of rotatable bonds is 8. The number of anilines is 1. The minimum atomic E-state index is -4.28. The van der Waals surface area contributed by atoms with E-state index in [-0.39, 0.29) is 35.7 Å². The maximum atomic E-state index is 13.4. The Morgan fingerprint density at radius 3 is 2.66 bits per heavy atom. The van der Waals surface area contributed by atoms with Crippen molar-refractivity contribution in [2.75, 3.05) is 11.9 Å². The van der Waals surface area contributed by atoms with Crippen LogP contribution in [0.15, 0.2) is 40.4 Å². The number of amides is 1. The number of carbonyl (C=O) groups is 1. The zero-order valence-corrected chi connectivity index (χ0v) is 15.2. The number of carbonyl (C=O) groups excluding carboxylic acids is 1. The molecule has 0 saturated carbocycles. The fourth-order valence-corrected chi connectivity index (χ4v) is 2.22. The highest BCUT2D eigenvalue weighted by Crippen LogP contribution is 2.25. The van der Waals surface area contributed by atoms with Crippen LogP contribution in [-0.2, 0) is 9.53 Å². The van der Waals surface area contributed by atoms with Crippen molar-refractivity contribution in [1.82, 2.24) is 4.98 Å². The van der Waals surface area contributed by atoms with E-state index in [4.69, 9.17) is 4.74 Å². The van der Waals surface area contributed by atoms with Crippen LogP contribution in [0.3, 0.4) is 0 Å². The summed E-state index contributed by atoms with van der Waals surface area (Å²) < 4.78 is 67.9. The molecule has 1 heterocycles. The first-order chi connectivity index (χ1) is 13.6. The molecule has 2 N–H and O–H groups in total. The Hall–Kier alpha value is -3.24. The molecule has 0 aliphatic rings. The predicted octanol–water partition coefficient (Wildman–Crippen LogP) is 4.70. The van der Waals surface area contributed by atoms with E-state index < -0.39 is 30.1 Å². The second-order valence-corrected chi connectivity index (χ2v) is 5.88. The number of nitrogens with zero attached hydrogens (tertiary/aromatic N) is 2. The number of nitrogens with one attached hydrogen (secondary N) is 2. The number of hydrogen-bond donors (Lipinski definition) is 2. The summed E-state index contributed by atoms with van der Waals surface area (Å²) >= 11 is 0. The van der Waals surface area contributed by atoms with E-state index in [0.717, 1.165) is 18.3 Å². The molecule has 6 nitrogen and oxygen atoms in total. The van der Waals surface area contributed by atoms with Gasteiger partial charge < -0.3 is 15.0 Å². The van der Waals surface area contributed by atoms with Crippen molar-refractivity contribution in [3.8, 4) is 0 Å². The van der Waals surface area contributed by atoms with Gasteiger partial charge in [-0.1, -0.05) is 0 Å². The fraction of sp³-hybridized carbons (Fsp3) is 0.278. The van der Waals surface area contributed by atoms with E-state index in [1.807, 2.05) is 0 Å². The highest BCUT2D eigenvalue weighted by atomic mass is 19.4. The summed E-state index contributed by atoms with van der Waals surface area (Å²) in [7, 11) is 0. The molecule has 0 saturated heterocycles. The fourth-order valence-electron chi connectivity index (χ4n) is 2.22. The summed E-state index contributed by atoms with van der Waals surface area (Å²) in [6.07, 6.45) is -3.14. The third kappa shape index (κ3) is 6.40. The SMILES string of the molecule is C=N/C(=C\N=C(/C)C(=O)Nc1c[nH]c2cc(F)c(F)cc12)OCCCC(F)(F)F. The number of aromatic nitrogens is 1. The molecule has 0 bridgehead atoms. The second kappa shape index (κ2) is 9.30. The van der Waals surface area contributed by atoms with Gasteiger partial charge in [0, 0.05) is 24.1 Å².